The number of hydrogen-bond acceptors (Lipinski definition) is 3. The van der Waals surface area contributed by atoms with Crippen molar-refractivity contribution in [3.63, 3.8) is 0 Å². The predicted molar refractivity (Wildman–Crippen MR) is 113 cm³/mol. The molecule has 0 saturated heterocycles. The number of ether oxygens (including phenoxy) is 1. The number of benzene rings is 3. The van der Waals surface area contributed by atoms with E-state index in [2.05, 4.69) is 0 Å². The molecule has 0 saturated carbocycles. The summed E-state index contributed by atoms with van der Waals surface area (Å²) in [5.41, 5.74) is 4.11. The Hall–Kier alpha value is -3.47. The summed E-state index contributed by atoms with van der Waals surface area (Å²) in [6.07, 6.45) is 0.506. The van der Waals surface area contributed by atoms with Crippen molar-refractivity contribution < 1.29 is 13.9 Å². The fourth-order valence-corrected chi connectivity index (χ4v) is 3.70. The van der Waals surface area contributed by atoms with Gasteiger partial charge in [0.15, 0.2) is 0 Å². The molecule has 0 N–H and O–H groups in total. The maximum atomic E-state index is 13.4. The zero-order valence-electron chi connectivity index (χ0n) is 16.3. The minimum Gasteiger partial charge on any atom is -0.497 e. The molecule has 1 aliphatic rings. The van der Waals surface area contributed by atoms with Crippen molar-refractivity contribution in [1.29, 1.82) is 0 Å². The number of carbonyl (C=O) groups is 1. The van der Waals surface area contributed by atoms with Crippen LogP contribution in [0.2, 0.25) is 0 Å². The van der Waals surface area contributed by atoms with Gasteiger partial charge >= 0.3 is 0 Å². The van der Waals surface area contributed by atoms with Crippen molar-refractivity contribution in [3.8, 4) is 5.75 Å². The molecular weight excluding hydrogens is 367 g/mol. The van der Waals surface area contributed by atoms with Gasteiger partial charge in [-0.1, -0.05) is 36.4 Å². The number of amides is 1. The van der Waals surface area contributed by atoms with Gasteiger partial charge in [0.05, 0.1) is 30.2 Å². The number of halogens is 1. The molecule has 29 heavy (non-hydrogen) atoms. The molecule has 1 aliphatic heterocycles. The van der Waals surface area contributed by atoms with Gasteiger partial charge in [0.1, 0.15) is 11.6 Å². The summed E-state index contributed by atoms with van der Waals surface area (Å²) < 4.78 is 18.7. The number of methoxy groups -OCH3 is 1. The number of nitrogens with zero attached hydrogens (tertiary/aromatic N) is 2. The van der Waals surface area contributed by atoms with E-state index in [0.717, 1.165) is 34.0 Å². The highest BCUT2D eigenvalue weighted by molar-refractivity contribution is 6.07. The highest BCUT2D eigenvalue weighted by atomic mass is 19.1. The molecular formula is C24H21FN2O2. The Morgan fingerprint density at radius 3 is 2.38 bits per heavy atom. The third-order valence-corrected chi connectivity index (χ3v) is 5.11. The molecule has 0 radical (unpaired) electrons. The average molecular weight is 388 g/mol. The fraction of sp³-hybridized carbons (Fsp3) is 0.167. The summed E-state index contributed by atoms with van der Waals surface area (Å²) in [7, 11) is 1.62. The molecule has 1 amide bonds. The molecule has 0 aliphatic carbocycles. The lowest BCUT2D eigenvalue weighted by Gasteiger charge is -2.30. The second kappa shape index (κ2) is 7.87. The summed E-state index contributed by atoms with van der Waals surface area (Å²) in [6, 6.07) is 21.4. The van der Waals surface area contributed by atoms with E-state index in [1.54, 1.807) is 31.1 Å². The second-order valence-electron chi connectivity index (χ2n) is 6.94. The Balaban J connectivity index is 1.87. The highest BCUT2D eigenvalue weighted by Crippen LogP contribution is 2.40. The molecule has 1 heterocycles. The third kappa shape index (κ3) is 3.76. The molecule has 3 aromatic rings. The number of fused-ring (bicyclic) bond motifs is 1. The summed E-state index contributed by atoms with van der Waals surface area (Å²) >= 11 is 0. The molecule has 146 valence electrons. The first-order chi connectivity index (χ1) is 14.1. The Morgan fingerprint density at radius 2 is 1.72 bits per heavy atom. The summed E-state index contributed by atoms with van der Waals surface area (Å²) in [5, 5.41) is 0. The Kier molecular flexibility index (Phi) is 5.12. The molecule has 1 atom stereocenters. The van der Waals surface area contributed by atoms with E-state index < -0.39 is 0 Å². The average Bonchev–Trinajstić information content (AvgIpc) is 2.91. The summed E-state index contributed by atoms with van der Waals surface area (Å²) in [5.74, 6) is 0.402. The number of hydrogen-bond donors (Lipinski definition) is 0. The molecule has 0 aromatic heterocycles. The maximum Gasteiger partial charge on any atom is 0.224 e. The van der Waals surface area contributed by atoms with E-state index >= 15 is 0 Å². The van der Waals surface area contributed by atoms with Crippen molar-refractivity contribution in [2.45, 2.75) is 19.4 Å². The van der Waals surface area contributed by atoms with E-state index in [0.29, 0.717) is 6.42 Å². The second-order valence-corrected chi connectivity index (χ2v) is 6.94. The lowest BCUT2D eigenvalue weighted by molar-refractivity contribution is -0.117. The monoisotopic (exact) mass is 388 g/mol. The van der Waals surface area contributed by atoms with Gasteiger partial charge in [0, 0.05) is 13.3 Å². The number of anilines is 1. The van der Waals surface area contributed by atoms with E-state index in [1.165, 1.54) is 12.1 Å². The quantitative estimate of drug-likeness (QED) is 0.598. The third-order valence-electron chi connectivity index (χ3n) is 5.11. The number of para-hydroxylation sites is 2. The standard InChI is InChI=1S/C24H21FN2O2/c1-16(28)27-23-6-4-3-5-21(23)26-22(17-7-11-19(25)12-8-17)15-24(27)18-9-13-20(29-2)14-10-18/h3-14,24H,15H2,1-2H3. The molecule has 4 nitrogen and oxygen atoms in total. The van der Waals surface area contributed by atoms with Gasteiger partial charge in [0.2, 0.25) is 5.91 Å². The molecule has 4 rings (SSSR count). The van der Waals surface area contributed by atoms with Crippen LogP contribution in [0.15, 0.2) is 77.8 Å². The van der Waals surface area contributed by atoms with Crippen LogP contribution in [0.4, 0.5) is 15.8 Å². The first kappa shape index (κ1) is 18.9. The van der Waals surface area contributed by atoms with Crippen LogP contribution < -0.4 is 9.64 Å². The zero-order valence-corrected chi connectivity index (χ0v) is 16.3. The Bertz CT molecular complexity index is 1060. The van der Waals surface area contributed by atoms with Crippen LogP contribution >= 0.6 is 0 Å². The first-order valence-corrected chi connectivity index (χ1v) is 9.43. The highest BCUT2D eigenvalue weighted by Gasteiger charge is 2.30. The van der Waals surface area contributed by atoms with Gasteiger partial charge in [-0.2, -0.15) is 0 Å². The predicted octanol–water partition coefficient (Wildman–Crippen LogP) is 5.45. The van der Waals surface area contributed by atoms with E-state index in [1.807, 2.05) is 48.5 Å². The minimum absolute atomic E-state index is 0.0613. The van der Waals surface area contributed by atoms with Crippen molar-refractivity contribution in [1.82, 2.24) is 0 Å². The molecule has 0 fully saturated rings. The van der Waals surface area contributed by atoms with E-state index in [9.17, 15) is 9.18 Å². The Morgan fingerprint density at radius 1 is 1.03 bits per heavy atom. The molecule has 0 spiro atoms. The largest absolute Gasteiger partial charge is 0.497 e. The van der Waals surface area contributed by atoms with Crippen molar-refractivity contribution >= 4 is 23.0 Å². The van der Waals surface area contributed by atoms with Crippen LogP contribution in [0.1, 0.15) is 30.5 Å². The molecule has 1 unspecified atom stereocenters. The van der Waals surface area contributed by atoms with Crippen LogP contribution in [-0.2, 0) is 4.79 Å². The molecule has 0 bridgehead atoms. The topological polar surface area (TPSA) is 41.9 Å². The van der Waals surface area contributed by atoms with Gasteiger partial charge in [-0.05, 0) is 47.5 Å². The van der Waals surface area contributed by atoms with E-state index in [-0.39, 0.29) is 17.8 Å². The van der Waals surface area contributed by atoms with Gasteiger partial charge in [-0.15, -0.1) is 0 Å². The first-order valence-electron chi connectivity index (χ1n) is 9.43. The van der Waals surface area contributed by atoms with Gasteiger partial charge in [-0.3, -0.25) is 9.79 Å². The maximum absolute atomic E-state index is 13.4. The van der Waals surface area contributed by atoms with Gasteiger partial charge in [0.25, 0.3) is 0 Å². The van der Waals surface area contributed by atoms with Crippen molar-refractivity contribution in [3.05, 3.63) is 89.7 Å². The van der Waals surface area contributed by atoms with E-state index in [4.69, 9.17) is 9.73 Å². The lowest BCUT2D eigenvalue weighted by Crippen LogP contribution is -2.33. The van der Waals surface area contributed by atoms with Crippen molar-refractivity contribution in [2.75, 3.05) is 12.0 Å². The molecule has 5 heteroatoms. The SMILES string of the molecule is COc1ccc(C2CC(c3ccc(F)cc3)=Nc3ccccc3N2C(C)=O)cc1. The fourth-order valence-electron chi connectivity index (χ4n) is 3.70. The Labute approximate surface area is 169 Å². The minimum atomic E-state index is -0.291. The number of carbonyl (C=O) groups excluding carboxylic acids is 1. The van der Waals surface area contributed by atoms with Crippen LogP contribution in [0, 0.1) is 5.82 Å². The van der Waals surface area contributed by atoms with Crippen LogP contribution in [0.25, 0.3) is 0 Å². The van der Waals surface area contributed by atoms with Crippen LogP contribution in [0.3, 0.4) is 0 Å². The van der Waals surface area contributed by atoms with Gasteiger partial charge < -0.3 is 9.64 Å². The smallest absolute Gasteiger partial charge is 0.224 e. The summed E-state index contributed by atoms with van der Waals surface area (Å²) in [4.78, 5) is 19.4. The lowest BCUT2D eigenvalue weighted by atomic mass is 9.95. The zero-order chi connectivity index (χ0) is 20.4. The molecule has 3 aromatic carbocycles. The normalized spacial score (nSPS) is 15.9. The van der Waals surface area contributed by atoms with Gasteiger partial charge in [-0.25, -0.2) is 4.39 Å². The van der Waals surface area contributed by atoms with Crippen LogP contribution in [0.5, 0.6) is 5.75 Å². The number of rotatable bonds is 3. The summed E-state index contributed by atoms with van der Waals surface area (Å²) in [6.45, 7) is 1.57. The van der Waals surface area contributed by atoms with Crippen molar-refractivity contribution in [2.24, 2.45) is 4.99 Å². The van der Waals surface area contributed by atoms with Crippen LogP contribution in [-0.4, -0.2) is 18.7 Å². The number of aliphatic imine (C=N–C) groups is 1.